The van der Waals surface area contributed by atoms with Crippen LogP contribution < -0.4 is 10.2 Å². The van der Waals surface area contributed by atoms with Gasteiger partial charge in [0.2, 0.25) is 0 Å². The largest absolute Gasteiger partial charge is 0.467 e. The molecule has 1 aromatic carbocycles. The lowest BCUT2D eigenvalue weighted by Gasteiger charge is -2.23. The Labute approximate surface area is 145 Å². The first-order valence-corrected chi connectivity index (χ1v) is 8.22. The molecule has 126 valence electrons. The van der Waals surface area contributed by atoms with Crippen LogP contribution in [0, 0.1) is 0 Å². The molecule has 1 aliphatic rings. The summed E-state index contributed by atoms with van der Waals surface area (Å²) in [6, 6.07) is 12.2. The first-order valence-electron chi connectivity index (χ1n) is 8.22. The number of fused-ring (bicyclic) bond motifs is 1. The van der Waals surface area contributed by atoms with Crippen LogP contribution in [-0.2, 0) is 13.0 Å². The molecule has 1 amide bonds. The number of nitrogens with one attached hydrogen (secondary N) is 1. The maximum atomic E-state index is 12.2. The Morgan fingerprint density at radius 1 is 1.24 bits per heavy atom. The number of para-hydroxylation sites is 1. The molecular weight excluding hydrogens is 316 g/mol. The number of hydrogen-bond acceptors (Lipinski definition) is 5. The zero-order valence-electron chi connectivity index (χ0n) is 13.8. The van der Waals surface area contributed by atoms with Crippen molar-refractivity contribution < 1.29 is 9.21 Å². The number of carbonyl (C=O) groups is 1. The number of rotatable bonds is 4. The van der Waals surface area contributed by atoms with Crippen molar-refractivity contribution in [2.75, 3.05) is 4.90 Å². The molecular formula is C19H18N4O2. The van der Waals surface area contributed by atoms with Gasteiger partial charge >= 0.3 is 0 Å². The van der Waals surface area contributed by atoms with Gasteiger partial charge in [-0.3, -0.25) is 4.79 Å². The molecule has 0 radical (unpaired) electrons. The molecule has 6 nitrogen and oxygen atoms in total. The van der Waals surface area contributed by atoms with Gasteiger partial charge in [0, 0.05) is 11.7 Å². The molecule has 1 unspecified atom stereocenters. The van der Waals surface area contributed by atoms with Gasteiger partial charge in [-0.05, 0) is 37.1 Å². The van der Waals surface area contributed by atoms with Gasteiger partial charge in [-0.2, -0.15) is 0 Å². The van der Waals surface area contributed by atoms with E-state index in [-0.39, 0.29) is 11.6 Å². The molecule has 0 bridgehead atoms. The summed E-state index contributed by atoms with van der Waals surface area (Å²) in [6.07, 6.45) is 5.72. The maximum Gasteiger partial charge on any atom is 0.271 e. The Hall–Kier alpha value is -3.15. The molecule has 3 heterocycles. The van der Waals surface area contributed by atoms with E-state index in [4.69, 9.17) is 4.42 Å². The highest BCUT2D eigenvalue weighted by Gasteiger charge is 2.27. The summed E-state index contributed by atoms with van der Waals surface area (Å²) < 4.78 is 5.19. The Bertz CT molecular complexity index is 875. The molecule has 0 saturated heterocycles. The second-order valence-corrected chi connectivity index (χ2v) is 6.07. The van der Waals surface area contributed by atoms with Gasteiger partial charge in [-0.15, -0.1) is 0 Å². The Morgan fingerprint density at radius 2 is 2.12 bits per heavy atom. The third-order valence-electron chi connectivity index (χ3n) is 4.33. The number of hydrogen-bond donors (Lipinski definition) is 1. The van der Waals surface area contributed by atoms with Crippen LogP contribution in [0.5, 0.6) is 0 Å². The van der Waals surface area contributed by atoms with Crippen molar-refractivity contribution in [3.05, 3.63) is 72.1 Å². The predicted octanol–water partition coefficient (Wildman–Crippen LogP) is 3.08. The van der Waals surface area contributed by atoms with E-state index in [1.165, 1.54) is 11.8 Å². The smallest absolute Gasteiger partial charge is 0.271 e. The van der Waals surface area contributed by atoms with E-state index in [0.29, 0.717) is 18.3 Å². The standard InChI is InChI=1S/C19H18N4O2/c1-13-9-14-5-2-3-7-17(14)23(13)18-12-20-16(11-21-18)19(24)22-10-15-6-4-8-25-15/h2-8,11-13H,9-10H2,1H3,(H,22,24). The second kappa shape index (κ2) is 6.39. The highest BCUT2D eigenvalue weighted by atomic mass is 16.3. The highest BCUT2D eigenvalue weighted by molar-refractivity contribution is 5.92. The number of aromatic nitrogens is 2. The van der Waals surface area contributed by atoms with E-state index in [9.17, 15) is 4.79 Å². The third-order valence-corrected chi connectivity index (χ3v) is 4.33. The fraction of sp³-hybridized carbons (Fsp3) is 0.211. The Morgan fingerprint density at radius 3 is 2.88 bits per heavy atom. The lowest BCUT2D eigenvalue weighted by atomic mass is 10.1. The summed E-state index contributed by atoms with van der Waals surface area (Å²) >= 11 is 0. The Kier molecular flexibility index (Phi) is 3.93. The summed E-state index contributed by atoms with van der Waals surface area (Å²) in [7, 11) is 0. The average molecular weight is 334 g/mol. The molecule has 0 spiro atoms. The van der Waals surface area contributed by atoms with Crippen LogP contribution in [0.3, 0.4) is 0 Å². The van der Waals surface area contributed by atoms with Gasteiger partial charge in [-0.25, -0.2) is 9.97 Å². The van der Waals surface area contributed by atoms with E-state index < -0.39 is 0 Å². The van der Waals surface area contributed by atoms with Crippen molar-refractivity contribution in [3.8, 4) is 0 Å². The van der Waals surface area contributed by atoms with Gasteiger partial charge < -0.3 is 14.6 Å². The zero-order chi connectivity index (χ0) is 17.2. The van der Waals surface area contributed by atoms with E-state index in [1.807, 2.05) is 12.1 Å². The van der Waals surface area contributed by atoms with Crippen LogP contribution in [0.1, 0.15) is 28.7 Å². The lowest BCUT2D eigenvalue weighted by Crippen LogP contribution is -2.26. The first kappa shape index (κ1) is 15.4. The van der Waals surface area contributed by atoms with Crippen LogP contribution in [-0.4, -0.2) is 21.9 Å². The number of nitrogens with zero attached hydrogens (tertiary/aromatic N) is 3. The Balaban J connectivity index is 1.49. The van der Waals surface area contributed by atoms with Crippen LogP contribution >= 0.6 is 0 Å². The molecule has 1 aliphatic heterocycles. The molecule has 0 aliphatic carbocycles. The molecule has 25 heavy (non-hydrogen) atoms. The van der Waals surface area contributed by atoms with Gasteiger partial charge in [-0.1, -0.05) is 18.2 Å². The van der Waals surface area contributed by atoms with E-state index >= 15 is 0 Å². The van der Waals surface area contributed by atoms with E-state index in [0.717, 1.165) is 17.9 Å². The number of carbonyl (C=O) groups excluding carboxylic acids is 1. The molecule has 3 aromatic rings. The monoisotopic (exact) mass is 334 g/mol. The van der Waals surface area contributed by atoms with Crippen molar-refractivity contribution in [3.63, 3.8) is 0 Å². The second-order valence-electron chi connectivity index (χ2n) is 6.07. The normalized spacial score (nSPS) is 15.9. The minimum atomic E-state index is -0.273. The summed E-state index contributed by atoms with van der Waals surface area (Å²) in [5.74, 6) is 1.17. The highest BCUT2D eigenvalue weighted by Crippen LogP contribution is 2.36. The first-order chi connectivity index (χ1) is 12.2. The summed E-state index contributed by atoms with van der Waals surface area (Å²) in [5, 5.41) is 2.77. The third kappa shape index (κ3) is 2.98. The molecule has 6 heteroatoms. The number of furan rings is 1. The van der Waals surface area contributed by atoms with Crippen LogP contribution in [0.4, 0.5) is 11.5 Å². The minimum absolute atomic E-state index is 0.273. The number of anilines is 2. The molecule has 0 fully saturated rings. The fourth-order valence-corrected chi connectivity index (χ4v) is 3.15. The molecule has 1 atom stereocenters. The van der Waals surface area contributed by atoms with Gasteiger partial charge in [0.1, 0.15) is 11.5 Å². The molecule has 4 rings (SSSR count). The number of benzene rings is 1. The fourth-order valence-electron chi connectivity index (χ4n) is 3.15. The molecule has 2 aromatic heterocycles. The van der Waals surface area contributed by atoms with Crippen molar-refractivity contribution in [2.24, 2.45) is 0 Å². The van der Waals surface area contributed by atoms with E-state index in [1.54, 1.807) is 24.6 Å². The van der Waals surface area contributed by atoms with Crippen LogP contribution in [0.15, 0.2) is 59.5 Å². The van der Waals surface area contributed by atoms with Gasteiger partial charge in [0.15, 0.2) is 5.82 Å². The van der Waals surface area contributed by atoms with Crippen molar-refractivity contribution in [2.45, 2.75) is 25.9 Å². The molecule has 1 N–H and O–H groups in total. The minimum Gasteiger partial charge on any atom is -0.467 e. The average Bonchev–Trinajstić information content (AvgIpc) is 3.26. The summed E-state index contributed by atoms with van der Waals surface area (Å²) in [6.45, 7) is 2.48. The number of amides is 1. The SMILES string of the molecule is CC1Cc2ccccc2N1c1cnc(C(=O)NCc2ccco2)cn1. The van der Waals surface area contributed by atoms with Crippen LogP contribution in [0.25, 0.3) is 0 Å². The van der Waals surface area contributed by atoms with Crippen molar-refractivity contribution in [1.29, 1.82) is 0 Å². The predicted molar refractivity (Wildman–Crippen MR) is 93.7 cm³/mol. The lowest BCUT2D eigenvalue weighted by molar-refractivity contribution is 0.0942. The van der Waals surface area contributed by atoms with Gasteiger partial charge in [0.25, 0.3) is 5.91 Å². The van der Waals surface area contributed by atoms with Crippen molar-refractivity contribution in [1.82, 2.24) is 15.3 Å². The van der Waals surface area contributed by atoms with Crippen LogP contribution in [0.2, 0.25) is 0 Å². The van der Waals surface area contributed by atoms with Gasteiger partial charge in [0.05, 0.1) is 25.2 Å². The van der Waals surface area contributed by atoms with E-state index in [2.05, 4.69) is 39.2 Å². The summed E-state index contributed by atoms with van der Waals surface area (Å²) in [4.78, 5) is 23.1. The zero-order valence-corrected chi connectivity index (χ0v) is 13.8. The van der Waals surface area contributed by atoms with Crippen molar-refractivity contribution >= 4 is 17.4 Å². The topological polar surface area (TPSA) is 71.3 Å². The quantitative estimate of drug-likeness (QED) is 0.794. The summed E-state index contributed by atoms with van der Waals surface area (Å²) in [5.41, 5.74) is 2.74. The maximum absolute atomic E-state index is 12.2. The molecule has 0 saturated carbocycles.